The van der Waals surface area contributed by atoms with E-state index in [4.69, 9.17) is 0 Å². The van der Waals surface area contributed by atoms with E-state index in [1.165, 1.54) is 25.7 Å². The van der Waals surface area contributed by atoms with Gasteiger partial charge in [0.25, 0.3) is 5.91 Å². The first-order valence-electron chi connectivity index (χ1n) is 7.60. The van der Waals surface area contributed by atoms with Crippen LogP contribution in [-0.4, -0.2) is 56.1 Å². The normalized spacial score (nSPS) is 21.9. The number of aromatic nitrogens is 1. The number of hydrogen-bond donors (Lipinski definition) is 1. The summed E-state index contributed by atoms with van der Waals surface area (Å²) in [7, 11) is 7.64. The van der Waals surface area contributed by atoms with Gasteiger partial charge >= 0.3 is 0 Å². The van der Waals surface area contributed by atoms with E-state index in [-0.39, 0.29) is 5.91 Å². The molecule has 1 aromatic heterocycles. The fourth-order valence-corrected chi connectivity index (χ4v) is 2.92. The first kappa shape index (κ1) is 15.8. The Hall–Kier alpha value is -1.62. The summed E-state index contributed by atoms with van der Waals surface area (Å²) in [6.07, 6.45) is 6.46. The van der Waals surface area contributed by atoms with Gasteiger partial charge in [-0.1, -0.05) is 0 Å². The van der Waals surface area contributed by atoms with Crippen LogP contribution in [0.1, 0.15) is 36.0 Å². The van der Waals surface area contributed by atoms with Gasteiger partial charge in [-0.05, 0) is 44.9 Å². The highest BCUT2D eigenvalue weighted by atomic mass is 16.2. The highest BCUT2D eigenvalue weighted by molar-refractivity contribution is 5.93. The molecule has 0 saturated heterocycles. The molecule has 1 N–H and O–H groups in total. The maximum Gasteiger partial charge on any atom is 0.254 e. The summed E-state index contributed by atoms with van der Waals surface area (Å²) < 4.78 is 0. The van der Waals surface area contributed by atoms with Crippen molar-refractivity contribution in [2.45, 2.75) is 37.8 Å². The third kappa shape index (κ3) is 3.73. The molecule has 0 aromatic carbocycles. The van der Waals surface area contributed by atoms with Gasteiger partial charge in [0.05, 0.1) is 5.56 Å². The quantitative estimate of drug-likeness (QED) is 0.918. The molecule has 1 amide bonds. The molecule has 21 heavy (non-hydrogen) atoms. The van der Waals surface area contributed by atoms with Crippen LogP contribution in [0.4, 0.5) is 5.82 Å². The lowest BCUT2D eigenvalue weighted by Gasteiger charge is -2.35. The average Bonchev–Trinajstić information content (AvgIpc) is 2.53. The van der Waals surface area contributed by atoms with Crippen molar-refractivity contribution in [2.75, 3.05) is 33.1 Å². The Morgan fingerprint density at radius 2 is 1.86 bits per heavy atom. The van der Waals surface area contributed by atoms with E-state index >= 15 is 0 Å². The van der Waals surface area contributed by atoms with Crippen molar-refractivity contribution in [3.63, 3.8) is 0 Å². The molecular weight excluding hydrogens is 264 g/mol. The molecule has 1 aliphatic rings. The van der Waals surface area contributed by atoms with Crippen molar-refractivity contribution in [2.24, 2.45) is 0 Å². The molecule has 5 heteroatoms. The molecule has 1 fully saturated rings. The zero-order valence-electron chi connectivity index (χ0n) is 13.5. The maximum absolute atomic E-state index is 11.9. The Morgan fingerprint density at radius 1 is 1.19 bits per heavy atom. The van der Waals surface area contributed by atoms with E-state index in [9.17, 15) is 4.79 Å². The number of nitrogens with one attached hydrogen (secondary N) is 1. The Bertz CT molecular complexity index is 464. The van der Waals surface area contributed by atoms with Crippen molar-refractivity contribution in [1.29, 1.82) is 0 Å². The topological polar surface area (TPSA) is 48.5 Å². The van der Waals surface area contributed by atoms with E-state index in [0.717, 1.165) is 5.82 Å². The minimum atomic E-state index is -0.00812. The van der Waals surface area contributed by atoms with Gasteiger partial charge < -0.3 is 15.1 Å². The van der Waals surface area contributed by atoms with Gasteiger partial charge in [-0.25, -0.2) is 4.98 Å². The molecule has 0 unspecified atom stereocenters. The highest BCUT2D eigenvalue weighted by Gasteiger charge is 2.23. The van der Waals surface area contributed by atoms with Crippen LogP contribution in [0.5, 0.6) is 0 Å². The van der Waals surface area contributed by atoms with Crippen LogP contribution in [0.15, 0.2) is 18.3 Å². The monoisotopic (exact) mass is 290 g/mol. The Morgan fingerprint density at radius 3 is 2.33 bits per heavy atom. The fourth-order valence-electron chi connectivity index (χ4n) is 2.92. The summed E-state index contributed by atoms with van der Waals surface area (Å²) in [5.74, 6) is 0.935. The number of rotatable bonds is 4. The molecule has 0 atom stereocenters. The van der Waals surface area contributed by atoms with Gasteiger partial charge in [-0.3, -0.25) is 4.79 Å². The van der Waals surface area contributed by atoms with E-state index in [1.807, 2.05) is 19.2 Å². The number of nitrogens with zero attached hydrogens (tertiary/aromatic N) is 3. The van der Waals surface area contributed by atoms with Crippen molar-refractivity contribution in [3.05, 3.63) is 23.9 Å². The molecule has 1 aliphatic carbocycles. The smallest absolute Gasteiger partial charge is 0.254 e. The molecular formula is C16H26N4O. The number of anilines is 1. The second-order valence-corrected chi connectivity index (χ2v) is 6.01. The molecule has 0 aliphatic heterocycles. The van der Waals surface area contributed by atoms with Crippen LogP contribution < -0.4 is 10.2 Å². The minimum Gasteiger partial charge on any atom is -0.357 e. The second kappa shape index (κ2) is 6.89. The number of amides is 1. The predicted molar refractivity (Wildman–Crippen MR) is 85.8 cm³/mol. The molecule has 116 valence electrons. The molecule has 5 nitrogen and oxygen atoms in total. The zero-order valence-corrected chi connectivity index (χ0v) is 13.5. The van der Waals surface area contributed by atoms with Gasteiger partial charge in [0.1, 0.15) is 5.82 Å². The van der Waals surface area contributed by atoms with Gasteiger partial charge in [0, 0.05) is 39.4 Å². The van der Waals surface area contributed by atoms with Gasteiger partial charge in [0.2, 0.25) is 0 Å². The average molecular weight is 290 g/mol. The van der Waals surface area contributed by atoms with E-state index in [2.05, 4.69) is 22.2 Å². The number of hydrogen-bond acceptors (Lipinski definition) is 4. The Balaban J connectivity index is 2.00. The van der Waals surface area contributed by atoms with E-state index in [0.29, 0.717) is 17.6 Å². The largest absolute Gasteiger partial charge is 0.357 e. The number of carbonyl (C=O) groups excluding carboxylic acids is 1. The van der Waals surface area contributed by atoms with Crippen LogP contribution in [-0.2, 0) is 0 Å². The lowest BCUT2D eigenvalue weighted by Crippen LogP contribution is -2.40. The molecule has 1 aromatic rings. The van der Waals surface area contributed by atoms with Crippen LogP contribution in [0.3, 0.4) is 0 Å². The van der Waals surface area contributed by atoms with Crippen LogP contribution in [0.25, 0.3) is 0 Å². The second-order valence-electron chi connectivity index (χ2n) is 6.01. The van der Waals surface area contributed by atoms with Crippen LogP contribution in [0.2, 0.25) is 0 Å². The summed E-state index contributed by atoms with van der Waals surface area (Å²) in [6, 6.07) is 5.00. The lowest BCUT2D eigenvalue weighted by molar-refractivity contribution is 0.0827. The number of carbonyl (C=O) groups is 1. The molecule has 1 heterocycles. The van der Waals surface area contributed by atoms with Crippen molar-refractivity contribution >= 4 is 11.7 Å². The lowest BCUT2D eigenvalue weighted by atomic mass is 9.90. The third-order valence-electron chi connectivity index (χ3n) is 4.42. The Kier molecular flexibility index (Phi) is 5.17. The molecule has 0 spiro atoms. The summed E-state index contributed by atoms with van der Waals surface area (Å²) in [5.41, 5.74) is 0.635. The zero-order chi connectivity index (χ0) is 15.4. The predicted octanol–water partition coefficient (Wildman–Crippen LogP) is 1.75. The van der Waals surface area contributed by atoms with E-state index in [1.54, 1.807) is 25.2 Å². The number of pyridine rings is 1. The summed E-state index contributed by atoms with van der Waals surface area (Å²) >= 11 is 0. The van der Waals surface area contributed by atoms with Crippen LogP contribution >= 0.6 is 0 Å². The summed E-state index contributed by atoms with van der Waals surface area (Å²) in [4.78, 5) is 20.1. The minimum absolute atomic E-state index is 0.00812. The highest BCUT2D eigenvalue weighted by Crippen LogP contribution is 2.25. The first-order valence-corrected chi connectivity index (χ1v) is 7.60. The van der Waals surface area contributed by atoms with Crippen molar-refractivity contribution < 1.29 is 4.79 Å². The molecule has 0 radical (unpaired) electrons. The SMILES string of the molecule is CNC1CCC(N(C)c2ccc(C(=O)N(C)C)cn2)CC1. The first-order chi connectivity index (χ1) is 10.0. The maximum atomic E-state index is 11.9. The summed E-state index contributed by atoms with van der Waals surface area (Å²) in [5, 5.41) is 3.36. The fraction of sp³-hybridized carbons (Fsp3) is 0.625. The molecule has 1 saturated carbocycles. The molecule has 2 rings (SSSR count). The third-order valence-corrected chi connectivity index (χ3v) is 4.42. The molecule has 0 bridgehead atoms. The summed E-state index contributed by atoms with van der Waals surface area (Å²) in [6.45, 7) is 0. The standard InChI is InChI=1S/C16H26N4O/c1-17-13-6-8-14(9-7-13)20(4)15-10-5-12(11-18-15)16(21)19(2)3/h5,10-11,13-14,17H,6-9H2,1-4H3. The van der Waals surface area contributed by atoms with Crippen LogP contribution in [0, 0.1) is 0 Å². The van der Waals surface area contributed by atoms with E-state index < -0.39 is 0 Å². The Labute approximate surface area is 127 Å². The van der Waals surface area contributed by atoms with Crippen molar-refractivity contribution in [3.8, 4) is 0 Å². The van der Waals surface area contributed by atoms with Crippen molar-refractivity contribution in [1.82, 2.24) is 15.2 Å². The van der Waals surface area contributed by atoms with Gasteiger partial charge in [-0.15, -0.1) is 0 Å². The van der Waals surface area contributed by atoms with Gasteiger partial charge in [-0.2, -0.15) is 0 Å². The van der Waals surface area contributed by atoms with Gasteiger partial charge in [0.15, 0.2) is 0 Å².